The Hall–Kier alpha value is -0.610. The third-order valence-electron chi connectivity index (χ3n) is 3.99. The Morgan fingerprint density at radius 2 is 2.06 bits per heavy atom. The van der Waals surface area contributed by atoms with Crippen LogP contribution in [0, 0.1) is 0 Å². The molecule has 1 aliphatic heterocycles. The van der Waals surface area contributed by atoms with Crippen LogP contribution < -0.4 is 5.32 Å². The molecule has 1 N–H and O–H groups in total. The van der Waals surface area contributed by atoms with Crippen LogP contribution in [0.3, 0.4) is 0 Å². The highest BCUT2D eigenvalue weighted by Gasteiger charge is 2.33. The summed E-state index contributed by atoms with van der Waals surface area (Å²) in [5, 5.41) is 3.50. The summed E-state index contributed by atoms with van der Waals surface area (Å²) in [6, 6.07) is 0.928. The lowest BCUT2D eigenvalue weighted by Gasteiger charge is -2.42. The van der Waals surface area contributed by atoms with Crippen LogP contribution in [0.15, 0.2) is 0 Å². The molecule has 0 aromatic carbocycles. The highest BCUT2D eigenvalue weighted by Crippen LogP contribution is 2.22. The van der Waals surface area contributed by atoms with Gasteiger partial charge in [-0.3, -0.25) is 9.69 Å². The first-order chi connectivity index (χ1) is 8.49. The lowest BCUT2D eigenvalue weighted by molar-refractivity contribution is -0.135. The number of hydrogen-bond donors (Lipinski definition) is 1. The van der Waals surface area contributed by atoms with E-state index in [2.05, 4.69) is 24.1 Å². The number of amides is 1. The average Bonchev–Trinajstić information content (AvgIpc) is 2.37. The fourth-order valence-electron chi connectivity index (χ4n) is 2.97. The van der Waals surface area contributed by atoms with E-state index < -0.39 is 0 Å². The number of rotatable bonds is 5. The predicted octanol–water partition coefficient (Wildman–Crippen LogP) is 1.32. The minimum absolute atomic E-state index is 0.00796. The number of likely N-dealkylation sites (N-methyl/N-ethyl adjacent to an activating group) is 2. The maximum Gasteiger partial charge on any atom is 0.239 e. The second-order valence-electron chi connectivity index (χ2n) is 5.56. The molecule has 3 atom stereocenters. The first-order valence-electron chi connectivity index (χ1n) is 7.19. The van der Waals surface area contributed by atoms with E-state index in [9.17, 15) is 4.79 Å². The van der Waals surface area contributed by atoms with Crippen LogP contribution in [0.2, 0.25) is 0 Å². The Morgan fingerprint density at radius 3 is 2.61 bits per heavy atom. The third-order valence-corrected chi connectivity index (χ3v) is 3.99. The molecule has 0 aromatic heterocycles. The van der Waals surface area contributed by atoms with Crippen molar-refractivity contribution in [1.29, 1.82) is 0 Å². The van der Waals surface area contributed by atoms with Crippen LogP contribution >= 0.6 is 0 Å². The highest BCUT2D eigenvalue weighted by molar-refractivity contribution is 5.81. The molecule has 4 heteroatoms. The van der Waals surface area contributed by atoms with E-state index in [4.69, 9.17) is 0 Å². The van der Waals surface area contributed by atoms with Crippen molar-refractivity contribution < 1.29 is 4.79 Å². The molecular formula is C14H29N3O. The second kappa shape index (κ2) is 7.10. The van der Waals surface area contributed by atoms with Crippen LogP contribution in [0.25, 0.3) is 0 Å². The van der Waals surface area contributed by atoms with Gasteiger partial charge >= 0.3 is 0 Å². The van der Waals surface area contributed by atoms with Crippen LogP contribution in [0.5, 0.6) is 0 Å². The first-order valence-corrected chi connectivity index (χ1v) is 7.19. The Bertz CT molecular complexity index is 268. The van der Waals surface area contributed by atoms with E-state index in [1.165, 1.54) is 19.3 Å². The zero-order valence-corrected chi connectivity index (χ0v) is 12.6. The number of likely N-dealkylation sites (tertiary alicyclic amines) is 1. The van der Waals surface area contributed by atoms with Crippen molar-refractivity contribution in [3.63, 3.8) is 0 Å². The van der Waals surface area contributed by atoms with Crippen molar-refractivity contribution in [2.45, 2.75) is 58.2 Å². The molecule has 0 aliphatic carbocycles. The molecular weight excluding hydrogens is 226 g/mol. The molecule has 1 rings (SSSR count). The van der Waals surface area contributed by atoms with Gasteiger partial charge < -0.3 is 10.2 Å². The van der Waals surface area contributed by atoms with E-state index in [0.29, 0.717) is 12.1 Å². The molecule has 1 amide bonds. The van der Waals surface area contributed by atoms with Gasteiger partial charge in [0, 0.05) is 26.2 Å². The summed E-state index contributed by atoms with van der Waals surface area (Å²) < 4.78 is 0. The van der Waals surface area contributed by atoms with Crippen LogP contribution in [0.4, 0.5) is 0 Å². The van der Waals surface area contributed by atoms with Crippen molar-refractivity contribution in [2.75, 3.05) is 27.2 Å². The molecule has 106 valence electrons. The lowest BCUT2D eigenvalue weighted by Crippen LogP contribution is -2.57. The molecule has 0 bridgehead atoms. The number of nitrogens with zero attached hydrogens (tertiary/aromatic N) is 2. The maximum atomic E-state index is 12.1. The summed E-state index contributed by atoms with van der Waals surface area (Å²) >= 11 is 0. The highest BCUT2D eigenvalue weighted by atomic mass is 16.2. The first kappa shape index (κ1) is 15.4. The fourth-order valence-corrected chi connectivity index (χ4v) is 2.97. The van der Waals surface area contributed by atoms with Gasteiger partial charge in [-0.2, -0.15) is 0 Å². The Morgan fingerprint density at radius 1 is 1.39 bits per heavy atom. The van der Waals surface area contributed by atoms with E-state index in [1.807, 2.05) is 21.0 Å². The number of carbonyl (C=O) groups excluding carboxylic acids is 1. The summed E-state index contributed by atoms with van der Waals surface area (Å²) in [6.45, 7) is 8.44. The molecule has 1 saturated heterocycles. The Labute approximate surface area is 112 Å². The van der Waals surface area contributed by atoms with Gasteiger partial charge in [0.2, 0.25) is 5.91 Å². The molecule has 0 radical (unpaired) electrons. The summed E-state index contributed by atoms with van der Waals surface area (Å²) in [6.07, 6.45) is 3.68. The fraction of sp³-hybridized carbons (Fsp3) is 0.929. The van der Waals surface area contributed by atoms with Crippen molar-refractivity contribution in [3.8, 4) is 0 Å². The average molecular weight is 255 g/mol. The van der Waals surface area contributed by atoms with Gasteiger partial charge in [0.1, 0.15) is 0 Å². The van der Waals surface area contributed by atoms with Crippen LogP contribution in [-0.4, -0.2) is 61.0 Å². The minimum Gasteiger partial charge on any atom is -0.347 e. The van der Waals surface area contributed by atoms with Crippen molar-refractivity contribution in [3.05, 3.63) is 0 Å². The summed E-state index contributed by atoms with van der Waals surface area (Å²) in [7, 11) is 3.68. The Kier molecular flexibility index (Phi) is 6.09. The third kappa shape index (κ3) is 3.69. The SMILES string of the molecule is CCNC(C)C1CCCCN1C(C)C(=O)N(C)C. The van der Waals surface area contributed by atoms with Gasteiger partial charge in [-0.1, -0.05) is 13.3 Å². The largest absolute Gasteiger partial charge is 0.347 e. The van der Waals surface area contributed by atoms with E-state index in [-0.39, 0.29) is 11.9 Å². The lowest BCUT2D eigenvalue weighted by atomic mass is 9.94. The second-order valence-corrected chi connectivity index (χ2v) is 5.56. The minimum atomic E-state index is -0.00796. The molecule has 3 unspecified atom stereocenters. The summed E-state index contributed by atoms with van der Waals surface area (Å²) in [4.78, 5) is 16.2. The summed E-state index contributed by atoms with van der Waals surface area (Å²) in [5.74, 6) is 0.214. The van der Waals surface area contributed by atoms with Crippen molar-refractivity contribution >= 4 is 5.91 Å². The predicted molar refractivity (Wildman–Crippen MR) is 75.6 cm³/mol. The van der Waals surface area contributed by atoms with E-state index in [0.717, 1.165) is 13.1 Å². The smallest absolute Gasteiger partial charge is 0.239 e. The van der Waals surface area contributed by atoms with Gasteiger partial charge in [0.05, 0.1) is 6.04 Å². The molecule has 1 fully saturated rings. The maximum absolute atomic E-state index is 12.1. The zero-order valence-electron chi connectivity index (χ0n) is 12.6. The Balaban J connectivity index is 2.72. The van der Waals surface area contributed by atoms with Gasteiger partial charge in [-0.05, 0) is 39.8 Å². The van der Waals surface area contributed by atoms with E-state index >= 15 is 0 Å². The zero-order chi connectivity index (χ0) is 13.7. The van der Waals surface area contributed by atoms with E-state index in [1.54, 1.807) is 4.90 Å². The molecule has 1 aliphatic rings. The van der Waals surface area contributed by atoms with Gasteiger partial charge in [0.15, 0.2) is 0 Å². The normalized spacial score (nSPS) is 24.6. The molecule has 0 aromatic rings. The standard InChI is InChI=1S/C14H29N3O/c1-6-15-11(2)13-9-7-8-10-17(13)12(3)14(18)16(4)5/h11-13,15H,6-10H2,1-5H3. The van der Waals surface area contributed by atoms with Gasteiger partial charge in [-0.15, -0.1) is 0 Å². The molecule has 0 spiro atoms. The molecule has 18 heavy (non-hydrogen) atoms. The van der Waals surface area contributed by atoms with Crippen molar-refractivity contribution in [2.24, 2.45) is 0 Å². The molecule has 4 nitrogen and oxygen atoms in total. The quantitative estimate of drug-likeness (QED) is 0.805. The number of hydrogen-bond acceptors (Lipinski definition) is 3. The van der Waals surface area contributed by atoms with Gasteiger partial charge in [0.25, 0.3) is 0 Å². The van der Waals surface area contributed by atoms with Crippen LogP contribution in [0.1, 0.15) is 40.0 Å². The summed E-state index contributed by atoms with van der Waals surface area (Å²) in [5.41, 5.74) is 0. The number of nitrogens with one attached hydrogen (secondary N) is 1. The van der Waals surface area contributed by atoms with Crippen LogP contribution in [-0.2, 0) is 4.79 Å². The molecule has 0 saturated carbocycles. The monoisotopic (exact) mass is 255 g/mol. The topological polar surface area (TPSA) is 35.6 Å². The van der Waals surface area contributed by atoms with Crippen molar-refractivity contribution in [1.82, 2.24) is 15.1 Å². The van der Waals surface area contributed by atoms with Gasteiger partial charge in [-0.25, -0.2) is 0 Å². The number of piperidine rings is 1. The number of carbonyl (C=O) groups is 1. The molecule has 1 heterocycles.